The number of aromatic nitrogens is 1. The van der Waals surface area contributed by atoms with Crippen LogP contribution in [0.15, 0.2) is 47.8 Å². The molecule has 20 heavy (non-hydrogen) atoms. The summed E-state index contributed by atoms with van der Waals surface area (Å²) < 4.78 is 0. The zero-order valence-electron chi connectivity index (χ0n) is 11.5. The summed E-state index contributed by atoms with van der Waals surface area (Å²) in [7, 11) is 0. The molecule has 4 nitrogen and oxygen atoms in total. The topological polar surface area (TPSA) is 48.7 Å². The molecule has 0 aliphatic carbocycles. The van der Waals surface area contributed by atoms with Gasteiger partial charge in [0.15, 0.2) is 0 Å². The summed E-state index contributed by atoms with van der Waals surface area (Å²) >= 11 is 0. The zero-order valence-corrected chi connectivity index (χ0v) is 11.5. The molecule has 0 fully saturated rings. The van der Waals surface area contributed by atoms with Crippen molar-refractivity contribution in [3.05, 3.63) is 59.4 Å². The maximum absolute atomic E-state index is 9.12. The Labute approximate surface area is 118 Å². The fourth-order valence-electron chi connectivity index (χ4n) is 2.62. The van der Waals surface area contributed by atoms with Gasteiger partial charge in [0.1, 0.15) is 0 Å². The second-order valence-electron chi connectivity index (χ2n) is 5.00. The standard InChI is InChI=1S/C16H17N3O/c1-12-5-4-9-17-15(12)11-19-10-8-14(18-20)13-6-2-3-7-16(13)19/h2-7,9,20H,8,10-11H2,1H3/b18-14-. The highest BCUT2D eigenvalue weighted by atomic mass is 16.4. The number of fused-ring (bicyclic) bond motifs is 1. The first-order chi connectivity index (χ1) is 9.79. The summed E-state index contributed by atoms with van der Waals surface area (Å²) in [5, 5.41) is 12.5. The van der Waals surface area contributed by atoms with Crippen LogP contribution in [-0.4, -0.2) is 22.4 Å². The van der Waals surface area contributed by atoms with E-state index in [0.717, 1.165) is 42.2 Å². The molecular formula is C16H17N3O. The van der Waals surface area contributed by atoms with Crippen molar-refractivity contribution in [2.45, 2.75) is 19.9 Å². The van der Waals surface area contributed by atoms with E-state index in [4.69, 9.17) is 5.21 Å². The number of anilines is 1. The van der Waals surface area contributed by atoms with Crippen LogP contribution in [0.5, 0.6) is 0 Å². The Bertz CT molecular complexity index is 652. The van der Waals surface area contributed by atoms with Gasteiger partial charge in [-0.25, -0.2) is 0 Å². The Balaban J connectivity index is 1.95. The van der Waals surface area contributed by atoms with Crippen LogP contribution in [0.4, 0.5) is 5.69 Å². The van der Waals surface area contributed by atoms with E-state index in [9.17, 15) is 0 Å². The number of nitrogens with zero attached hydrogens (tertiary/aromatic N) is 3. The molecule has 0 saturated carbocycles. The van der Waals surface area contributed by atoms with E-state index >= 15 is 0 Å². The molecule has 0 saturated heterocycles. The molecule has 1 N–H and O–H groups in total. The number of benzene rings is 1. The highest BCUT2D eigenvalue weighted by Gasteiger charge is 2.22. The van der Waals surface area contributed by atoms with Crippen LogP contribution in [0.2, 0.25) is 0 Å². The summed E-state index contributed by atoms with van der Waals surface area (Å²) in [6.07, 6.45) is 2.58. The van der Waals surface area contributed by atoms with Gasteiger partial charge in [0, 0.05) is 30.4 Å². The van der Waals surface area contributed by atoms with Crippen LogP contribution >= 0.6 is 0 Å². The number of oxime groups is 1. The molecule has 2 aromatic rings. The van der Waals surface area contributed by atoms with E-state index in [2.05, 4.69) is 34.1 Å². The van der Waals surface area contributed by atoms with E-state index in [0.29, 0.717) is 0 Å². The predicted molar refractivity (Wildman–Crippen MR) is 79.4 cm³/mol. The minimum Gasteiger partial charge on any atom is -0.411 e. The number of pyridine rings is 1. The van der Waals surface area contributed by atoms with Crippen LogP contribution in [-0.2, 0) is 6.54 Å². The number of rotatable bonds is 2. The number of para-hydroxylation sites is 1. The van der Waals surface area contributed by atoms with Gasteiger partial charge in [0.05, 0.1) is 18.0 Å². The lowest BCUT2D eigenvalue weighted by Crippen LogP contribution is -2.32. The van der Waals surface area contributed by atoms with Gasteiger partial charge in [-0.05, 0) is 24.6 Å². The molecular weight excluding hydrogens is 250 g/mol. The first-order valence-corrected chi connectivity index (χ1v) is 6.75. The quantitative estimate of drug-likeness (QED) is 0.672. The minimum absolute atomic E-state index is 0.749. The van der Waals surface area contributed by atoms with Crippen molar-refractivity contribution in [2.24, 2.45) is 5.16 Å². The van der Waals surface area contributed by atoms with E-state index in [-0.39, 0.29) is 0 Å². The molecule has 0 spiro atoms. The lowest BCUT2D eigenvalue weighted by molar-refractivity contribution is 0.317. The van der Waals surface area contributed by atoms with Gasteiger partial charge in [-0.15, -0.1) is 0 Å². The molecule has 3 rings (SSSR count). The van der Waals surface area contributed by atoms with Crippen LogP contribution in [0.1, 0.15) is 23.2 Å². The predicted octanol–water partition coefficient (Wildman–Crippen LogP) is 2.98. The maximum Gasteiger partial charge on any atom is 0.0906 e. The van der Waals surface area contributed by atoms with Crippen molar-refractivity contribution in [3.63, 3.8) is 0 Å². The Morgan fingerprint density at radius 3 is 2.90 bits per heavy atom. The van der Waals surface area contributed by atoms with Crippen molar-refractivity contribution in [2.75, 3.05) is 11.4 Å². The Morgan fingerprint density at radius 2 is 2.10 bits per heavy atom. The van der Waals surface area contributed by atoms with E-state index < -0.39 is 0 Å². The zero-order chi connectivity index (χ0) is 13.9. The van der Waals surface area contributed by atoms with Gasteiger partial charge < -0.3 is 10.1 Å². The summed E-state index contributed by atoms with van der Waals surface area (Å²) in [5.41, 5.74) is 5.17. The lowest BCUT2D eigenvalue weighted by Gasteiger charge is -2.31. The normalized spacial score (nSPS) is 16.2. The molecule has 0 bridgehead atoms. The van der Waals surface area contributed by atoms with Gasteiger partial charge >= 0.3 is 0 Å². The van der Waals surface area contributed by atoms with Gasteiger partial charge in [0.25, 0.3) is 0 Å². The fourth-order valence-corrected chi connectivity index (χ4v) is 2.62. The van der Waals surface area contributed by atoms with Gasteiger partial charge in [0.2, 0.25) is 0 Å². The van der Waals surface area contributed by atoms with Crippen LogP contribution in [0.25, 0.3) is 0 Å². The summed E-state index contributed by atoms with van der Waals surface area (Å²) in [6, 6.07) is 12.1. The summed E-state index contributed by atoms with van der Waals surface area (Å²) in [5.74, 6) is 0. The smallest absolute Gasteiger partial charge is 0.0906 e. The molecule has 1 aromatic carbocycles. The van der Waals surface area contributed by atoms with Crippen LogP contribution in [0, 0.1) is 6.92 Å². The Kier molecular flexibility index (Phi) is 3.37. The van der Waals surface area contributed by atoms with E-state index in [1.165, 1.54) is 5.56 Å². The summed E-state index contributed by atoms with van der Waals surface area (Å²) in [4.78, 5) is 6.75. The second kappa shape index (κ2) is 5.33. The van der Waals surface area contributed by atoms with Crippen molar-refractivity contribution in [3.8, 4) is 0 Å². The molecule has 102 valence electrons. The van der Waals surface area contributed by atoms with E-state index in [1.54, 1.807) is 0 Å². The molecule has 1 aliphatic rings. The fraction of sp³-hybridized carbons (Fsp3) is 0.250. The lowest BCUT2D eigenvalue weighted by atomic mass is 9.99. The molecule has 2 heterocycles. The third kappa shape index (κ3) is 2.25. The molecule has 0 radical (unpaired) electrons. The molecule has 0 atom stereocenters. The number of aryl methyl sites for hydroxylation is 1. The Hall–Kier alpha value is -2.36. The molecule has 4 heteroatoms. The average molecular weight is 267 g/mol. The number of hydrogen-bond donors (Lipinski definition) is 1. The maximum atomic E-state index is 9.12. The molecule has 1 aromatic heterocycles. The second-order valence-corrected chi connectivity index (χ2v) is 5.00. The van der Waals surface area contributed by atoms with Gasteiger partial charge in [-0.3, -0.25) is 4.98 Å². The molecule has 1 aliphatic heterocycles. The third-order valence-corrected chi connectivity index (χ3v) is 3.75. The minimum atomic E-state index is 0.749. The van der Waals surface area contributed by atoms with Gasteiger partial charge in [-0.2, -0.15) is 0 Å². The van der Waals surface area contributed by atoms with Crippen LogP contribution < -0.4 is 4.90 Å². The SMILES string of the molecule is Cc1cccnc1CN1CC/C(=N/O)c2ccccc21. The van der Waals surface area contributed by atoms with Crippen LogP contribution in [0.3, 0.4) is 0 Å². The first kappa shape index (κ1) is 12.7. The van der Waals surface area contributed by atoms with Crippen molar-refractivity contribution < 1.29 is 5.21 Å². The summed E-state index contributed by atoms with van der Waals surface area (Å²) in [6.45, 7) is 3.70. The number of hydrogen-bond acceptors (Lipinski definition) is 4. The first-order valence-electron chi connectivity index (χ1n) is 6.75. The van der Waals surface area contributed by atoms with Crippen molar-refractivity contribution >= 4 is 11.4 Å². The highest BCUT2D eigenvalue weighted by molar-refractivity contribution is 6.06. The molecule has 0 amide bonds. The third-order valence-electron chi connectivity index (χ3n) is 3.75. The Morgan fingerprint density at radius 1 is 1.25 bits per heavy atom. The largest absolute Gasteiger partial charge is 0.411 e. The van der Waals surface area contributed by atoms with Crippen molar-refractivity contribution in [1.82, 2.24) is 4.98 Å². The average Bonchev–Trinajstić information content (AvgIpc) is 2.50. The van der Waals surface area contributed by atoms with E-state index in [1.807, 2.05) is 30.5 Å². The molecule has 0 unspecified atom stereocenters. The monoisotopic (exact) mass is 267 g/mol. The highest BCUT2D eigenvalue weighted by Crippen LogP contribution is 2.28. The van der Waals surface area contributed by atoms with Crippen molar-refractivity contribution in [1.29, 1.82) is 0 Å². The van der Waals surface area contributed by atoms with Gasteiger partial charge in [-0.1, -0.05) is 29.4 Å².